The third-order valence-electron chi connectivity index (χ3n) is 1.88. The van der Waals surface area contributed by atoms with Crippen molar-refractivity contribution in [3.63, 3.8) is 0 Å². The molecule has 6 nitrogen and oxygen atoms in total. The van der Waals surface area contributed by atoms with E-state index in [-0.39, 0.29) is 19.1 Å². The quantitative estimate of drug-likeness (QED) is 0.477. The summed E-state index contributed by atoms with van der Waals surface area (Å²) < 4.78 is 0. The van der Waals surface area contributed by atoms with Crippen LogP contribution in [0.2, 0.25) is 0 Å². The van der Waals surface area contributed by atoms with Gasteiger partial charge in [0.05, 0.1) is 0 Å². The summed E-state index contributed by atoms with van der Waals surface area (Å²) in [6.45, 7) is 1.64. The van der Waals surface area contributed by atoms with E-state index in [2.05, 4.69) is 15.6 Å². The molecule has 0 unspecified atom stereocenters. The first-order valence-corrected chi connectivity index (χ1v) is 5.07. The highest BCUT2D eigenvalue weighted by Crippen LogP contribution is 2.07. The van der Waals surface area contributed by atoms with E-state index >= 15 is 0 Å². The minimum atomic E-state index is -0.601. The number of nitrogens with one attached hydrogen (secondary N) is 2. The highest BCUT2D eigenvalue weighted by molar-refractivity contribution is 5.92. The Morgan fingerprint density at radius 2 is 1.94 bits per heavy atom. The van der Waals surface area contributed by atoms with Crippen molar-refractivity contribution in [3.05, 3.63) is 29.8 Å². The van der Waals surface area contributed by atoms with E-state index in [4.69, 9.17) is 5.73 Å². The lowest BCUT2D eigenvalue weighted by atomic mass is 10.2. The lowest BCUT2D eigenvalue weighted by Gasteiger charge is -2.06. The zero-order chi connectivity index (χ0) is 12.7. The number of hydrogen-bond donors (Lipinski definition) is 3. The van der Waals surface area contributed by atoms with Gasteiger partial charge >= 0.3 is 0 Å². The molecular weight excluding hydrogens is 222 g/mol. The van der Waals surface area contributed by atoms with Crippen molar-refractivity contribution in [2.24, 2.45) is 5.73 Å². The highest BCUT2D eigenvalue weighted by atomic mass is 16.6. The molecule has 0 aliphatic heterocycles. The second-order valence-corrected chi connectivity index (χ2v) is 3.49. The second kappa shape index (κ2) is 6.62. The average molecular weight is 237 g/mol. The molecule has 4 N–H and O–H groups in total. The first-order chi connectivity index (χ1) is 8.08. The molecule has 0 aromatic heterocycles. The van der Waals surface area contributed by atoms with Gasteiger partial charge in [-0.1, -0.05) is 17.7 Å². The van der Waals surface area contributed by atoms with Crippen molar-refractivity contribution in [2.45, 2.75) is 6.92 Å². The maximum Gasteiger partial charge on any atom is 0.245 e. The molecule has 17 heavy (non-hydrogen) atoms. The Hall–Kier alpha value is -1.92. The molecule has 0 heterocycles. The summed E-state index contributed by atoms with van der Waals surface area (Å²) in [4.78, 5) is 26.3. The van der Waals surface area contributed by atoms with Crippen molar-refractivity contribution in [3.8, 4) is 0 Å². The number of amides is 2. The third-order valence-corrected chi connectivity index (χ3v) is 1.88. The molecule has 0 aliphatic carbocycles. The number of aryl methyl sites for hydroxylation is 1. The van der Waals surface area contributed by atoms with E-state index in [9.17, 15) is 9.59 Å². The van der Waals surface area contributed by atoms with Crippen molar-refractivity contribution in [1.82, 2.24) is 5.48 Å². The smallest absolute Gasteiger partial charge is 0.245 e. The normalized spacial score (nSPS) is 9.94. The number of benzene rings is 1. The van der Waals surface area contributed by atoms with Crippen LogP contribution in [0.5, 0.6) is 0 Å². The van der Waals surface area contributed by atoms with Gasteiger partial charge in [-0.05, 0) is 19.1 Å². The van der Waals surface area contributed by atoms with E-state index in [0.717, 1.165) is 5.56 Å². The summed E-state index contributed by atoms with van der Waals surface area (Å²) in [7, 11) is 0. The van der Waals surface area contributed by atoms with Gasteiger partial charge in [-0.25, -0.2) is 0 Å². The Labute approximate surface area is 99.1 Å². The summed E-state index contributed by atoms with van der Waals surface area (Å²) in [6, 6.07) is 7.40. The first kappa shape index (κ1) is 13.1. The number of rotatable bonds is 6. The molecule has 0 radical (unpaired) electrons. The zero-order valence-corrected chi connectivity index (χ0v) is 9.53. The van der Waals surface area contributed by atoms with Gasteiger partial charge in [0.1, 0.15) is 13.2 Å². The number of carbonyl (C=O) groups is 2. The van der Waals surface area contributed by atoms with Gasteiger partial charge < -0.3 is 11.1 Å². The van der Waals surface area contributed by atoms with Crippen molar-refractivity contribution < 1.29 is 14.4 Å². The van der Waals surface area contributed by atoms with Crippen LogP contribution >= 0.6 is 0 Å². The molecule has 0 atom stereocenters. The Morgan fingerprint density at radius 1 is 1.29 bits per heavy atom. The van der Waals surface area contributed by atoms with Gasteiger partial charge in [-0.15, -0.1) is 0 Å². The van der Waals surface area contributed by atoms with Crippen LogP contribution in [-0.4, -0.2) is 25.0 Å². The fraction of sp³-hybridized carbons (Fsp3) is 0.273. The molecule has 1 aromatic carbocycles. The molecule has 0 fully saturated rings. The Kier molecular flexibility index (Phi) is 5.12. The number of nitrogens with two attached hydrogens (primary N) is 1. The molecule has 1 rings (SSSR count). The Bertz CT molecular complexity index is 389. The van der Waals surface area contributed by atoms with Crippen molar-refractivity contribution in [2.75, 3.05) is 18.5 Å². The van der Waals surface area contributed by atoms with E-state index in [1.54, 1.807) is 12.1 Å². The van der Waals surface area contributed by atoms with E-state index in [1.807, 2.05) is 19.1 Å². The largest absolute Gasteiger partial charge is 0.368 e. The molecule has 2 amide bonds. The molecular formula is C11H15N3O3. The molecule has 0 aliphatic rings. The number of anilines is 1. The molecule has 92 valence electrons. The molecule has 0 bridgehead atoms. The lowest BCUT2D eigenvalue weighted by molar-refractivity contribution is -0.127. The van der Waals surface area contributed by atoms with E-state index in [0.29, 0.717) is 5.69 Å². The monoisotopic (exact) mass is 237 g/mol. The molecule has 0 spiro atoms. The summed E-state index contributed by atoms with van der Waals surface area (Å²) in [5.41, 5.74) is 9.00. The Morgan fingerprint density at radius 3 is 2.53 bits per heavy atom. The van der Waals surface area contributed by atoms with Gasteiger partial charge in [0.15, 0.2) is 0 Å². The van der Waals surface area contributed by atoms with Crippen LogP contribution in [0.3, 0.4) is 0 Å². The van der Waals surface area contributed by atoms with Crippen molar-refractivity contribution in [1.29, 1.82) is 0 Å². The maximum absolute atomic E-state index is 11.4. The molecule has 6 heteroatoms. The zero-order valence-electron chi connectivity index (χ0n) is 9.53. The number of primary amides is 1. The van der Waals surface area contributed by atoms with E-state index < -0.39 is 5.91 Å². The predicted molar refractivity (Wildman–Crippen MR) is 63.0 cm³/mol. The van der Waals surface area contributed by atoms with Gasteiger partial charge in [0, 0.05) is 5.69 Å². The summed E-state index contributed by atoms with van der Waals surface area (Å²) in [5.74, 6) is -0.866. The van der Waals surface area contributed by atoms with Gasteiger partial charge in [-0.3, -0.25) is 14.4 Å². The Balaban J connectivity index is 2.25. The van der Waals surface area contributed by atoms with Crippen LogP contribution in [-0.2, 0) is 14.4 Å². The minimum absolute atomic E-state index is 0.0544. The first-order valence-electron chi connectivity index (χ1n) is 5.07. The second-order valence-electron chi connectivity index (χ2n) is 3.49. The van der Waals surface area contributed by atoms with E-state index in [1.165, 1.54) is 0 Å². The molecule has 0 saturated carbocycles. The predicted octanol–water partition coefficient (Wildman–Crippen LogP) is -0.0600. The fourth-order valence-corrected chi connectivity index (χ4v) is 1.08. The van der Waals surface area contributed by atoms with Crippen LogP contribution in [0, 0.1) is 6.92 Å². The van der Waals surface area contributed by atoms with Crippen LogP contribution in [0.1, 0.15) is 5.56 Å². The molecule has 0 saturated heterocycles. The SMILES string of the molecule is Cc1ccc(NC(=O)CNOCC(N)=O)cc1. The minimum Gasteiger partial charge on any atom is -0.368 e. The van der Waals surface area contributed by atoms with Gasteiger partial charge in [0.2, 0.25) is 11.8 Å². The van der Waals surface area contributed by atoms with Crippen LogP contribution in [0.15, 0.2) is 24.3 Å². The molecule has 1 aromatic rings. The van der Waals surface area contributed by atoms with Crippen LogP contribution in [0.4, 0.5) is 5.69 Å². The fourth-order valence-electron chi connectivity index (χ4n) is 1.08. The average Bonchev–Trinajstić information content (AvgIpc) is 2.27. The highest BCUT2D eigenvalue weighted by Gasteiger charge is 2.02. The lowest BCUT2D eigenvalue weighted by Crippen LogP contribution is -2.31. The number of hydrogen-bond acceptors (Lipinski definition) is 4. The summed E-state index contributed by atoms with van der Waals surface area (Å²) in [6.07, 6.45) is 0. The number of carbonyl (C=O) groups excluding carboxylic acids is 2. The van der Waals surface area contributed by atoms with Gasteiger partial charge in [-0.2, -0.15) is 5.48 Å². The van der Waals surface area contributed by atoms with Crippen LogP contribution in [0.25, 0.3) is 0 Å². The topological polar surface area (TPSA) is 93.4 Å². The van der Waals surface area contributed by atoms with Gasteiger partial charge in [0.25, 0.3) is 0 Å². The third kappa shape index (κ3) is 5.64. The number of hydroxylamine groups is 1. The van der Waals surface area contributed by atoms with Crippen LogP contribution < -0.4 is 16.5 Å². The summed E-state index contributed by atoms with van der Waals surface area (Å²) in [5, 5.41) is 2.66. The van der Waals surface area contributed by atoms with Crippen molar-refractivity contribution >= 4 is 17.5 Å². The summed E-state index contributed by atoms with van der Waals surface area (Å²) >= 11 is 0. The maximum atomic E-state index is 11.4. The standard InChI is InChI=1S/C11H15N3O3/c1-8-2-4-9(5-3-8)14-11(16)6-13-17-7-10(12)15/h2-5,13H,6-7H2,1H3,(H2,12,15)(H,14,16).